The zero-order chi connectivity index (χ0) is 24.6. The fourth-order valence-electron chi connectivity index (χ4n) is 5.65. The predicted molar refractivity (Wildman–Crippen MR) is 146 cm³/mol. The predicted octanol–water partition coefficient (Wildman–Crippen LogP) is 5.03. The fourth-order valence-corrected chi connectivity index (χ4v) is 5.65. The maximum absolute atomic E-state index is 14.0. The molecule has 2 aliphatic heterocycles. The van der Waals surface area contributed by atoms with Crippen LogP contribution in [0.5, 0.6) is 0 Å². The summed E-state index contributed by atoms with van der Waals surface area (Å²) in [7, 11) is 0. The van der Waals surface area contributed by atoms with Crippen molar-refractivity contribution in [3.8, 4) is 0 Å². The lowest BCUT2D eigenvalue weighted by Crippen LogP contribution is -2.38. The van der Waals surface area contributed by atoms with Crippen molar-refractivity contribution in [3.05, 3.63) is 71.3 Å². The standard InChI is InChI=1S/C30H33N3O3/c1-3-33-27-8-4-21(2)18-25(27)26-19-22(5-9-28(26)33)30(34)24-7-6-23(31-10-14-35-15-11-31)20-29(24)32-12-16-36-17-13-32/h4-9,18-20H,3,10-17H2,1-2H3. The Kier molecular flexibility index (Phi) is 6.15. The van der Waals surface area contributed by atoms with E-state index in [1.165, 1.54) is 22.0 Å². The first-order valence-electron chi connectivity index (χ1n) is 13.0. The lowest BCUT2D eigenvalue weighted by atomic mass is 9.98. The molecule has 2 saturated heterocycles. The van der Waals surface area contributed by atoms with Gasteiger partial charge >= 0.3 is 0 Å². The molecule has 0 spiro atoms. The first kappa shape index (κ1) is 23.1. The van der Waals surface area contributed by atoms with E-state index in [4.69, 9.17) is 9.47 Å². The summed E-state index contributed by atoms with van der Waals surface area (Å²) in [6.07, 6.45) is 0. The highest BCUT2D eigenvalue weighted by atomic mass is 16.5. The Balaban J connectivity index is 1.44. The topological polar surface area (TPSA) is 46.9 Å². The molecule has 2 aliphatic rings. The number of nitrogens with zero attached hydrogens (tertiary/aromatic N) is 3. The third kappa shape index (κ3) is 4.04. The van der Waals surface area contributed by atoms with Crippen molar-refractivity contribution >= 4 is 39.0 Å². The molecule has 0 amide bonds. The van der Waals surface area contributed by atoms with Crippen LogP contribution in [0.2, 0.25) is 0 Å². The number of ether oxygens (including phenoxy) is 2. The van der Waals surface area contributed by atoms with Crippen molar-refractivity contribution in [2.24, 2.45) is 0 Å². The van der Waals surface area contributed by atoms with Crippen LogP contribution in [0.4, 0.5) is 11.4 Å². The van der Waals surface area contributed by atoms with E-state index < -0.39 is 0 Å². The van der Waals surface area contributed by atoms with Gasteiger partial charge in [-0.15, -0.1) is 0 Å². The Morgan fingerprint density at radius 3 is 2.11 bits per heavy atom. The molecule has 0 bridgehead atoms. The number of aryl methyl sites for hydroxylation is 2. The van der Waals surface area contributed by atoms with E-state index in [0.29, 0.717) is 13.2 Å². The molecule has 0 radical (unpaired) electrons. The minimum atomic E-state index is 0.0666. The lowest BCUT2D eigenvalue weighted by Gasteiger charge is -2.33. The maximum atomic E-state index is 14.0. The third-order valence-electron chi connectivity index (χ3n) is 7.55. The molecular formula is C30H33N3O3. The molecule has 0 saturated carbocycles. The molecule has 0 atom stereocenters. The highest BCUT2D eigenvalue weighted by Gasteiger charge is 2.23. The quantitative estimate of drug-likeness (QED) is 0.373. The van der Waals surface area contributed by atoms with Crippen LogP contribution in [-0.4, -0.2) is 63.0 Å². The van der Waals surface area contributed by atoms with E-state index in [0.717, 1.165) is 73.8 Å². The van der Waals surface area contributed by atoms with Crippen molar-refractivity contribution in [2.75, 3.05) is 62.4 Å². The molecule has 6 rings (SSSR count). The van der Waals surface area contributed by atoms with Crippen LogP contribution in [0.15, 0.2) is 54.6 Å². The van der Waals surface area contributed by atoms with Crippen LogP contribution in [0, 0.1) is 6.92 Å². The first-order chi connectivity index (χ1) is 17.6. The molecule has 2 fully saturated rings. The molecule has 1 aromatic heterocycles. The summed E-state index contributed by atoms with van der Waals surface area (Å²) >= 11 is 0. The van der Waals surface area contributed by atoms with E-state index in [2.05, 4.69) is 70.7 Å². The summed E-state index contributed by atoms with van der Waals surface area (Å²) in [5, 5.41) is 2.34. The number of hydrogen-bond donors (Lipinski definition) is 0. The highest BCUT2D eigenvalue weighted by Crippen LogP contribution is 2.34. The van der Waals surface area contributed by atoms with Crippen LogP contribution in [0.1, 0.15) is 28.4 Å². The number of hydrogen-bond acceptors (Lipinski definition) is 5. The number of aromatic nitrogens is 1. The van der Waals surface area contributed by atoms with E-state index in [9.17, 15) is 4.79 Å². The normalized spacial score (nSPS) is 16.7. The van der Waals surface area contributed by atoms with E-state index in [1.807, 2.05) is 12.1 Å². The zero-order valence-corrected chi connectivity index (χ0v) is 21.1. The van der Waals surface area contributed by atoms with Crippen LogP contribution >= 0.6 is 0 Å². The summed E-state index contributed by atoms with van der Waals surface area (Å²) in [4.78, 5) is 18.7. The first-order valence-corrected chi connectivity index (χ1v) is 13.0. The Morgan fingerprint density at radius 1 is 0.778 bits per heavy atom. The van der Waals surface area contributed by atoms with Gasteiger partial charge in [0.15, 0.2) is 5.78 Å². The second-order valence-corrected chi connectivity index (χ2v) is 9.73. The van der Waals surface area contributed by atoms with E-state index in [-0.39, 0.29) is 5.78 Å². The molecular weight excluding hydrogens is 450 g/mol. The van der Waals surface area contributed by atoms with E-state index in [1.54, 1.807) is 0 Å². The SMILES string of the molecule is CCn1c2ccc(C)cc2c2cc(C(=O)c3ccc(N4CCOCC4)cc3N3CCOCC3)ccc21. The second-order valence-electron chi connectivity index (χ2n) is 9.73. The second kappa shape index (κ2) is 9.60. The van der Waals surface area contributed by atoms with E-state index >= 15 is 0 Å². The van der Waals surface area contributed by atoms with Crippen molar-refractivity contribution in [1.82, 2.24) is 4.57 Å². The Hall–Kier alpha value is -3.35. The van der Waals surface area contributed by atoms with Crippen molar-refractivity contribution < 1.29 is 14.3 Å². The van der Waals surface area contributed by atoms with Gasteiger partial charge in [-0.2, -0.15) is 0 Å². The van der Waals surface area contributed by atoms with Gasteiger partial charge in [-0.1, -0.05) is 11.6 Å². The Bertz CT molecular complexity index is 1430. The maximum Gasteiger partial charge on any atom is 0.195 e. The summed E-state index contributed by atoms with van der Waals surface area (Å²) in [5.41, 5.74) is 7.24. The summed E-state index contributed by atoms with van der Waals surface area (Å²) in [6, 6.07) is 19.1. The molecule has 0 unspecified atom stereocenters. The van der Waals surface area contributed by atoms with Crippen molar-refractivity contribution in [1.29, 1.82) is 0 Å². The summed E-state index contributed by atoms with van der Waals surface area (Å²) in [5.74, 6) is 0.0666. The molecule has 186 valence electrons. The van der Waals surface area contributed by atoms with Gasteiger partial charge in [0, 0.05) is 71.3 Å². The molecule has 3 heterocycles. The van der Waals surface area contributed by atoms with Gasteiger partial charge in [-0.25, -0.2) is 0 Å². The average Bonchev–Trinajstić information content (AvgIpc) is 3.25. The molecule has 3 aromatic carbocycles. The number of ketones is 1. The monoisotopic (exact) mass is 483 g/mol. The van der Waals surface area contributed by atoms with Crippen molar-refractivity contribution in [3.63, 3.8) is 0 Å². The molecule has 6 heteroatoms. The van der Waals surface area contributed by atoms with Gasteiger partial charge < -0.3 is 23.8 Å². The minimum absolute atomic E-state index is 0.0666. The van der Waals surface area contributed by atoms with Gasteiger partial charge in [-0.3, -0.25) is 4.79 Å². The summed E-state index contributed by atoms with van der Waals surface area (Å²) < 4.78 is 13.5. The van der Waals surface area contributed by atoms with Gasteiger partial charge in [0.1, 0.15) is 0 Å². The number of fused-ring (bicyclic) bond motifs is 3. The van der Waals surface area contributed by atoms with Crippen LogP contribution in [0.3, 0.4) is 0 Å². The number of benzene rings is 3. The fraction of sp³-hybridized carbons (Fsp3) is 0.367. The summed E-state index contributed by atoms with van der Waals surface area (Å²) in [6.45, 7) is 11.3. The van der Waals surface area contributed by atoms with Crippen LogP contribution in [0.25, 0.3) is 21.8 Å². The van der Waals surface area contributed by atoms with Crippen LogP contribution in [-0.2, 0) is 16.0 Å². The van der Waals surface area contributed by atoms with Gasteiger partial charge in [0.05, 0.1) is 32.1 Å². The smallest absolute Gasteiger partial charge is 0.195 e. The number of carbonyl (C=O) groups is 1. The third-order valence-corrected chi connectivity index (χ3v) is 7.55. The van der Waals surface area contributed by atoms with Crippen molar-refractivity contribution in [2.45, 2.75) is 20.4 Å². The Labute approximate surface area is 212 Å². The zero-order valence-electron chi connectivity index (χ0n) is 21.1. The van der Waals surface area contributed by atoms with Gasteiger partial charge in [-0.05, 0) is 62.4 Å². The molecule has 0 aliphatic carbocycles. The molecule has 6 nitrogen and oxygen atoms in total. The Morgan fingerprint density at radius 2 is 1.42 bits per heavy atom. The number of carbonyl (C=O) groups excluding carboxylic acids is 1. The minimum Gasteiger partial charge on any atom is -0.378 e. The molecule has 0 N–H and O–H groups in total. The lowest BCUT2D eigenvalue weighted by molar-refractivity contribution is 0.103. The number of anilines is 2. The van der Waals surface area contributed by atoms with Crippen LogP contribution < -0.4 is 9.80 Å². The van der Waals surface area contributed by atoms with Gasteiger partial charge in [0.25, 0.3) is 0 Å². The average molecular weight is 484 g/mol. The van der Waals surface area contributed by atoms with Gasteiger partial charge in [0.2, 0.25) is 0 Å². The number of morpholine rings is 2. The largest absolute Gasteiger partial charge is 0.378 e. The molecule has 36 heavy (non-hydrogen) atoms. The number of rotatable bonds is 5. The molecule has 4 aromatic rings. The highest BCUT2D eigenvalue weighted by molar-refractivity contribution is 6.16.